The van der Waals surface area contributed by atoms with Crippen LogP contribution < -0.4 is 5.32 Å². The second-order valence-corrected chi connectivity index (χ2v) is 7.40. The van der Waals surface area contributed by atoms with Gasteiger partial charge in [-0.3, -0.25) is 4.90 Å². The monoisotopic (exact) mass is 280 g/mol. The third kappa shape index (κ3) is 3.98. The van der Waals surface area contributed by atoms with Gasteiger partial charge in [0.25, 0.3) is 0 Å². The Balaban J connectivity index is 1.98. The van der Waals surface area contributed by atoms with Gasteiger partial charge in [-0.2, -0.15) is 0 Å². The minimum atomic E-state index is 0.569. The molecule has 0 bridgehead atoms. The maximum atomic E-state index is 3.74. The zero-order valence-corrected chi connectivity index (χ0v) is 14.1. The third-order valence-corrected chi connectivity index (χ3v) is 5.78. The molecular formula is C18H36N2. The van der Waals surface area contributed by atoms with Crippen molar-refractivity contribution in [2.75, 3.05) is 19.6 Å². The predicted molar refractivity (Wildman–Crippen MR) is 88.2 cm³/mol. The van der Waals surface area contributed by atoms with Gasteiger partial charge in [0.1, 0.15) is 0 Å². The first-order valence-electron chi connectivity index (χ1n) is 9.17. The smallest absolute Gasteiger partial charge is 0.00962 e. The summed E-state index contributed by atoms with van der Waals surface area (Å²) < 4.78 is 0. The van der Waals surface area contributed by atoms with E-state index < -0.39 is 0 Å². The summed E-state index contributed by atoms with van der Waals surface area (Å²) in [5, 5.41) is 3.74. The van der Waals surface area contributed by atoms with E-state index in [1.807, 2.05) is 0 Å². The molecule has 0 aromatic rings. The lowest BCUT2D eigenvalue weighted by Crippen LogP contribution is -2.48. The number of hydrogen-bond acceptors (Lipinski definition) is 2. The Bertz CT molecular complexity index is 271. The van der Waals surface area contributed by atoms with E-state index in [1.54, 1.807) is 0 Å². The fraction of sp³-hybridized carbons (Fsp3) is 1.00. The van der Waals surface area contributed by atoms with E-state index in [9.17, 15) is 0 Å². The Morgan fingerprint density at radius 3 is 2.50 bits per heavy atom. The summed E-state index contributed by atoms with van der Waals surface area (Å²) in [5.74, 6) is 0. The first-order chi connectivity index (χ1) is 9.71. The fourth-order valence-corrected chi connectivity index (χ4v) is 4.46. The van der Waals surface area contributed by atoms with E-state index in [1.165, 1.54) is 77.4 Å². The van der Waals surface area contributed by atoms with Gasteiger partial charge in [0.15, 0.2) is 0 Å². The topological polar surface area (TPSA) is 15.3 Å². The van der Waals surface area contributed by atoms with Crippen molar-refractivity contribution in [2.24, 2.45) is 5.41 Å². The standard InChI is InChI=1S/C18H36N2/c1-4-13-19-14-18(11-7-6-8-12-18)15-20-16(3)9-10-17(20)5-2/h16-17,19H,4-15H2,1-3H3. The van der Waals surface area contributed by atoms with E-state index in [0.29, 0.717) is 5.41 Å². The van der Waals surface area contributed by atoms with E-state index in [-0.39, 0.29) is 0 Å². The van der Waals surface area contributed by atoms with Gasteiger partial charge >= 0.3 is 0 Å². The zero-order chi connectivity index (χ0) is 14.4. The Labute approximate surface area is 126 Å². The van der Waals surface area contributed by atoms with Gasteiger partial charge in [0.05, 0.1) is 0 Å². The van der Waals surface area contributed by atoms with Crippen molar-refractivity contribution in [1.29, 1.82) is 0 Å². The lowest BCUT2D eigenvalue weighted by Gasteiger charge is -2.43. The average Bonchev–Trinajstić information content (AvgIpc) is 2.81. The van der Waals surface area contributed by atoms with Crippen LogP contribution in [0.2, 0.25) is 0 Å². The van der Waals surface area contributed by atoms with Crippen molar-refractivity contribution >= 4 is 0 Å². The van der Waals surface area contributed by atoms with Crippen molar-refractivity contribution in [1.82, 2.24) is 10.2 Å². The van der Waals surface area contributed by atoms with Crippen molar-refractivity contribution < 1.29 is 0 Å². The van der Waals surface area contributed by atoms with Crippen molar-refractivity contribution in [3.63, 3.8) is 0 Å². The summed E-state index contributed by atoms with van der Waals surface area (Å²) in [7, 11) is 0. The number of rotatable bonds is 7. The number of likely N-dealkylation sites (tertiary alicyclic amines) is 1. The predicted octanol–water partition coefficient (Wildman–Crippen LogP) is 4.20. The molecule has 1 aliphatic heterocycles. The second kappa shape index (κ2) is 7.79. The van der Waals surface area contributed by atoms with Crippen LogP contribution in [-0.2, 0) is 0 Å². The van der Waals surface area contributed by atoms with Crippen molar-refractivity contribution in [3.8, 4) is 0 Å². The van der Waals surface area contributed by atoms with Gasteiger partial charge in [-0.05, 0) is 57.4 Å². The quantitative estimate of drug-likeness (QED) is 0.703. The van der Waals surface area contributed by atoms with Gasteiger partial charge in [0.2, 0.25) is 0 Å². The summed E-state index contributed by atoms with van der Waals surface area (Å²) in [6.45, 7) is 10.9. The molecule has 1 aliphatic carbocycles. The molecule has 2 atom stereocenters. The molecule has 1 heterocycles. The highest BCUT2D eigenvalue weighted by Gasteiger charge is 2.38. The Kier molecular flexibility index (Phi) is 6.35. The Hall–Kier alpha value is -0.0800. The molecule has 2 fully saturated rings. The molecule has 0 spiro atoms. The van der Waals surface area contributed by atoms with Crippen molar-refractivity contribution in [3.05, 3.63) is 0 Å². The van der Waals surface area contributed by atoms with Crippen LogP contribution in [0, 0.1) is 5.41 Å². The van der Waals surface area contributed by atoms with Crippen LogP contribution in [0.4, 0.5) is 0 Å². The lowest BCUT2D eigenvalue weighted by atomic mass is 9.73. The molecule has 2 aliphatic rings. The molecule has 0 aromatic carbocycles. The molecule has 2 heteroatoms. The second-order valence-electron chi connectivity index (χ2n) is 7.40. The molecule has 1 N–H and O–H groups in total. The summed E-state index contributed by atoms with van der Waals surface area (Å²) >= 11 is 0. The molecule has 0 radical (unpaired) electrons. The normalized spacial score (nSPS) is 30.8. The van der Waals surface area contributed by atoms with Crippen molar-refractivity contribution in [2.45, 2.75) is 90.6 Å². The van der Waals surface area contributed by atoms with Gasteiger partial charge in [-0.25, -0.2) is 0 Å². The average molecular weight is 280 g/mol. The maximum absolute atomic E-state index is 3.74. The van der Waals surface area contributed by atoms with Crippen LogP contribution in [0.3, 0.4) is 0 Å². The zero-order valence-electron chi connectivity index (χ0n) is 14.1. The lowest BCUT2D eigenvalue weighted by molar-refractivity contribution is 0.0735. The highest BCUT2D eigenvalue weighted by Crippen LogP contribution is 2.39. The Morgan fingerprint density at radius 2 is 1.85 bits per heavy atom. The molecule has 2 nitrogen and oxygen atoms in total. The molecule has 118 valence electrons. The summed E-state index contributed by atoms with van der Waals surface area (Å²) in [4.78, 5) is 2.86. The Morgan fingerprint density at radius 1 is 1.10 bits per heavy atom. The molecule has 1 saturated carbocycles. The minimum absolute atomic E-state index is 0.569. The molecule has 2 rings (SSSR count). The van der Waals surface area contributed by atoms with E-state index in [2.05, 4.69) is 31.0 Å². The maximum Gasteiger partial charge on any atom is 0.00962 e. The van der Waals surface area contributed by atoms with Crippen LogP contribution in [-0.4, -0.2) is 36.6 Å². The highest BCUT2D eigenvalue weighted by atomic mass is 15.2. The van der Waals surface area contributed by atoms with Crippen LogP contribution in [0.5, 0.6) is 0 Å². The molecule has 2 unspecified atom stereocenters. The van der Waals surface area contributed by atoms with Crippen LogP contribution in [0.25, 0.3) is 0 Å². The minimum Gasteiger partial charge on any atom is -0.316 e. The third-order valence-electron chi connectivity index (χ3n) is 5.78. The largest absolute Gasteiger partial charge is 0.316 e. The first kappa shape index (κ1) is 16.3. The molecular weight excluding hydrogens is 244 g/mol. The van der Waals surface area contributed by atoms with Gasteiger partial charge in [-0.15, -0.1) is 0 Å². The molecule has 1 saturated heterocycles. The number of hydrogen-bond donors (Lipinski definition) is 1. The van der Waals surface area contributed by atoms with Crippen LogP contribution in [0.1, 0.15) is 78.6 Å². The molecule has 20 heavy (non-hydrogen) atoms. The first-order valence-corrected chi connectivity index (χ1v) is 9.17. The van der Waals surface area contributed by atoms with Crippen LogP contribution >= 0.6 is 0 Å². The SMILES string of the molecule is CCCNCC1(CN2C(C)CCC2CC)CCCCC1. The molecule has 0 aromatic heterocycles. The van der Waals surface area contributed by atoms with E-state index in [0.717, 1.165) is 12.1 Å². The number of nitrogens with one attached hydrogen (secondary N) is 1. The fourth-order valence-electron chi connectivity index (χ4n) is 4.46. The van der Waals surface area contributed by atoms with E-state index >= 15 is 0 Å². The highest BCUT2D eigenvalue weighted by molar-refractivity contribution is 4.93. The van der Waals surface area contributed by atoms with E-state index in [4.69, 9.17) is 0 Å². The molecule has 0 amide bonds. The summed E-state index contributed by atoms with van der Waals surface area (Å²) in [6.07, 6.45) is 12.7. The number of nitrogens with zero attached hydrogens (tertiary/aromatic N) is 1. The van der Waals surface area contributed by atoms with Gasteiger partial charge < -0.3 is 5.32 Å². The van der Waals surface area contributed by atoms with Gasteiger partial charge in [-0.1, -0.05) is 33.1 Å². The van der Waals surface area contributed by atoms with Crippen LogP contribution in [0.15, 0.2) is 0 Å². The summed E-state index contributed by atoms with van der Waals surface area (Å²) in [6, 6.07) is 1.67. The van der Waals surface area contributed by atoms with Gasteiger partial charge in [0, 0.05) is 25.2 Å². The summed E-state index contributed by atoms with van der Waals surface area (Å²) in [5.41, 5.74) is 0.569.